The number of fused-ring (bicyclic) bond motifs is 1. The Bertz CT molecular complexity index is 750. The Labute approximate surface area is 150 Å². The fraction of sp³-hybridized carbons (Fsp3) is 0.421. The number of benzene rings is 1. The second kappa shape index (κ2) is 7.29. The summed E-state index contributed by atoms with van der Waals surface area (Å²) >= 11 is 0. The molecule has 0 saturated heterocycles. The van der Waals surface area contributed by atoms with Crippen LogP contribution in [0.1, 0.15) is 32.3 Å². The van der Waals surface area contributed by atoms with Gasteiger partial charge in [-0.15, -0.1) is 0 Å². The number of hydrogen-bond acceptors (Lipinski definition) is 7. The largest absolute Gasteiger partial charge is 0.496 e. The molecule has 1 heterocycles. The molecule has 1 aromatic rings. The van der Waals surface area contributed by atoms with Crippen LogP contribution in [0.4, 0.5) is 0 Å². The Balaban J connectivity index is 1.77. The van der Waals surface area contributed by atoms with E-state index in [4.69, 9.17) is 14.2 Å². The summed E-state index contributed by atoms with van der Waals surface area (Å²) in [4.78, 5) is 35.0. The average Bonchev–Trinajstić information content (AvgIpc) is 2.54. The smallest absolute Gasteiger partial charge is 0.308 e. The van der Waals surface area contributed by atoms with Crippen molar-refractivity contribution >= 4 is 23.3 Å². The highest BCUT2D eigenvalue weighted by molar-refractivity contribution is 6.22. The topological polar surface area (TPSA) is 99.1 Å². The molecule has 7 heteroatoms. The third-order valence-corrected chi connectivity index (χ3v) is 4.50. The number of ketones is 1. The first-order valence-electron chi connectivity index (χ1n) is 8.39. The zero-order valence-electron chi connectivity index (χ0n) is 14.5. The summed E-state index contributed by atoms with van der Waals surface area (Å²) in [6.45, 7) is 2.62. The van der Waals surface area contributed by atoms with Gasteiger partial charge < -0.3 is 19.3 Å². The molecule has 3 rings (SSSR count). The molecule has 1 fully saturated rings. The normalized spacial score (nSPS) is 27.7. The average molecular weight is 360 g/mol. The van der Waals surface area contributed by atoms with Crippen molar-refractivity contribution in [1.82, 2.24) is 0 Å². The molecule has 4 unspecified atom stereocenters. The number of rotatable bonds is 3. The van der Waals surface area contributed by atoms with E-state index in [1.165, 1.54) is 20.1 Å². The maximum absolute atomic E-state index is 12.9. The molecule has 2 aliphatic rings. The number of Topliss-reactive ketones (excluding diaryl/α,β-unsaturated/α-hetero) is 1. The molecular formula is C19H20O7. The van der Waals surface area contributed by atoms with Gasteiger partial charge in [-0.25, -0.2) is 0 Å². The number of hydrogen-bond donors (Lipinski definition) is 1. The van der Waals surface area contributed by atoms with Crippen LogP contribution in [0.15, 0.2) is 30.5 Å². The zero-order chi connectivity index (χ0) is 18.8. The molecule has 1 aromatic carbocycles. The minimum Gasteiger partial charge on any atom is -0.496 e. The first-order chi connectivity index (χ1) is 12.3. The highest BCUT2D eigenvalue weighted by Gasteiger charge is 2.46. The molecule has 0 bridgehead atoms. The van der Waals surface area contributed by atoms with Crippen LogP contribution in [0.2, 0.25) is 0 Å². The van der Waals surface area contributed by atoms with Gasteiger partial charge in [-0.3, -0.25) is 14.4 Å². The lowest BCUT2D eigenvalue weighted by molar-refractivity contribution is -0.158. The Kier molecular flexibility index (Phi) is 5.08. The maximum Gasteiger partial charge on any atom is 0.308 e. The minimum atomic E-state index is -0.949. The van der Waals surface area contributed by atoms with Gasteiger partial charge in [0.2, 0.25) is 0 Å². The van der Waals surface area contributed by atoms with Crippen LogP contribution >= 0.6 is 0 Å². The highest BCUT2D eigenvalue weighted by atomic mass is 16.5. The molecule has 1 saturated carbocycles. The molecule has 1 N–H and O–H groups in total. The SMILES string of the molecule is CC(=O)Oc1ccc(C2=COC3CC(OC(C)=O)CC(O)C3C2=O)cc1. The van der Waals surface area contributed by atoms with Crippen molar-refractivity contribution in [2.45, 2.75) is 45.0 Å². The van der Waals surface area contributed by atoms with Crippen LogP contribution in [-0.4, -0.2) is 41.1 Å². The van der Waals surface area contributed by atoms with Crippen molar-refractivity contribution in [2.24, 2.45) is 5.92 Å². The summed E-state index contributed by atoms with van der Waals surface area (Å²) in [5, 5.41) is 10.4. The Morgan fingerprint density at radius 3 is 2.42 bits per heavy atom. The van der Waals surface area contributed by atoms with E-state index < -0.39 is 36.2 Å². The molecule has 1 aliphatic carbocycles. The standard InChI is InChI=1S/C19H20O7/c1-10(20)25-13-5-3-12(4-6-13)15-9-24-17-8-14(26-11(2)21)7-16(22)18(17)19(15)23/h3-6,9,14,16-18,22H,7-8H2,1-2H3. The minimum absolute atomic E-state index is 0.203. The van der Waals surface area contributed by atoms with E-state index in [-0.39, 0.29) is 12.2 Å². The van der Waals surface area contributed by atoms with Crippen molar-refractivity contribution in [2.75, 3.05) is 0 Å². The van der Waals surface area contributed by atoms with Gasteiger partial charge in [0, 0.05) is 26.7 Å². The molecule has 4 atom stereocenters. The van der Waals surface area contributed by atoms with E-state index in [1.807, 2.05) is 0 Å². The van der Waals surface area contributed by atoms with Crippen LogP contribution in [0.3, 0.4) is 0 Å². The number of aliphatic hydroxyl groups excluding tert-OH is 1. The van der Waals surface area contributed by atoms with Gasteiger partial charge in [0.1, 0.15) is 18.0 Å². The van der Waals surface area contributed by atoms with Crippen LogP contribution in [0.5, 0.6) is 5.75 Å². The fourth-order valence-corrected chi connectivity index (χ4v) is 3.45. The lowest BCUT2D eigenvalue weighted by Crippen LogP contribution is -2.49. The van der Waals surface area contributed by atoms with Crippen LogP contribution in [-0.2, 0) is 23.9 Å². The van der Waals surface area contributed by atoms with Gasteiger partial charge in [-0.05, 0) is 17.7 Å². The second-order valence-electron chi connectivity index (χ2n) is 6.48. The lowest BCUT2D eigenvalue weighted by Gasteiger charge is -2.40. The van der Waals surface area contributed by atoms with Gasteiger partial charge in [0.05, 0.1) is 23.9 Å². The third kappa shape index (κ3) is 3.77. The second-order valence-corrected chi connectivity index (χ2v) is 6.48. The summed E-state index contributed by atoms with van der Waals surface area (Å²) in [5.74, 6) is -1.38. The van der Waals surface area contributed by atoms with Gasteiger partial charge >= 0.3 is 11.9 Å². The van der Waals surface area contributed by atoms with Crippen LogP contribution in [0, 0.1) is 5.92 Å². The number of allylic oxidation sites excluding steroid dienone is 1. The Hall–Kier alpha value is -2.67. The number of carbonyl (C=O) groups excluding carboxylic acids is 3. The lowest BCUT2D eigenvalue weighted by atomic mass is 9.76. The molecule has 7 nitrogen and oxygen atoms in total. The van der Waals surface area contributed by atoms with E-state index in [2.05, 4.69) is 0 Å². The summed E-state index contributed by atoms with van der Waals surface area (Å²) in [5.41, 5.74) is 0.962. The molecule has 0 spiro atoms. The molecule has 1 aliphatic heterocycles. The first kappa shape index (κ1) is 18.1. The van der Waals surface area contributed by atoms with Gasteiger partial charge in [0.25, 0.3) is 0 Å². The molecule has 0 amide bonds. The van der Waals surface area contributed by atoms with E-state index >= 15 is 0 Å². The molecule has 138 valence electrons. The summed E-state index contributed by atoms with van der Waals surface area (Å²) in [6.07, 6.45) is 0.00743. The maximum atomic E-state index is 12.9. The van der Waals surface area contributed by atoms with Crippen molar-refractivity contribution in [3.05, 3.63) is 36.1 Å². The Morgan fingerprint density at radius 2 is 1.81 bits per heavy atom. The molecule has 0 radical (unpaired) electrons. The number of aliphatic hydroxyl groups is 1. The van der Waals surface area contributed by atoms with Crippen LogP contribution < -0.4 is 4.74 Å². The molecule has 26 heavy (non-hydrogen) atoms. The predicted molar refractivity (Wildman–Crippen MR) is 89.9 cm³/mol. The number of carbonyl (C=O) groups is 3. The van der Waals surface area contributed by atoms with E-state index in [1.54, 1.807) is 24.3 Å². The van der Waals surface area contributed by atoms with Crippen molar-refractivity contribution in [3.8, 4) is 5.75 Å². The molecule has 0 aromatic heterocycles. The van der Waals surface area contributed by atoms with Crippen molar-refractivity contribution in [1.29, 1.82) is 0 Å². The predicted octanol–water partition coefficient (Wildman–Crippen LogP) is 1.62. The Morgan fingerprint density at radius 1 is 1.12 bits per heavy atom. The summed E-state index contributed by atoms with van der Waals surface area (Å²) in [7, 11) is 0. The number of ether oxygens (including phenoxy) is 3. The zero-order valence-corrected chi connectivity index (χ0v) is 14.5. The van der Waals surface area contributed by atoms with Crippen LogP contribution in [0.25, 0.3) is 5.57 Å². The summed E-state index contributed by atoms with van der Waals surface area (Å²) in [6, 6.07) is 6.49. The van der Waals surface area contributed by atoms with E-state index in [0.717, 1.165) is 0 Å². The fourth-order valence-electron chi connectivity index (χ4n) is 3.45. The quantitative estimate of drug-likeness (QED) is 0.646. The molecular weight excluding hydrogens is 340 g/mol. The third-order valence-electron chi connectivity index (χ3n) is 4.50. The van der Waals surface area contributed by atoms with Crippen molar-refractivity contribution < 1.29 is 33.7 Å². The first-order valence-corrected chi connectivity index (χ1v) is 8.39. The van der Waals surface area contributed by atoms with Gasteiger partial charge in [-0.1, -0.05) is 12.1 Å². The highest BCUT2D eigenvalue weighted by Crippen LogP contribution is 2.37. The number of esters is 2. The van der Waals surface area contributed by atoms with Gasteiger partial charge in [-0.2, -0.15) is 0 Å². The van der Waals surface area contributed by atoms with Gasteiger partial charge in [0.15, 0.2) is 5.78 Å². The van der Waals surface area contributed by atoms with Crippen molar-refractivity contribution in [3.63, 3.8) is 0 Å². The van der Waals surface area contributed by atoms with E-state index in [0.29, 0.717) is 23.3 Å². The monoisotopic (exact) mass is 360 g/mol. The van der Waals surface area contributed by atoms with E-state index in [9.17, 15) is 19.5 Å². The summed E-state index contributed by atoms with van der Waals surface area (Å²) < 4.78 is 15.8.